The van der Waals surface area contributed by atoms with Crippen LogP contribution in [0, 0.1) is 12.7 Å². The van der Waals surface area contributed by atoms with Crippen LogP contribution in [-0.2, 0) is 0 Å². The Labute approximate surface area is 128 Å². The van der Waals surface area contributed by atoms with Crippen LogP contribution < -0.4 is 5.73 Å². The fourth-order valence-corrected chi connectivity index (χ4v) is 2.41. The van der Waals surface area contributed by atoms with Crippen molar-refractivity contribution in [3.8, 4) is 17.1 Å². The highest BCUT2D eigenvalue weighted by Gasteiger charge is 2.17. The van der Waals surface area contributed by atoms with Gasteiger partial charge in [-0.1, -0.05) is 22.0 Å². The fraction of sp³-hybridized carbons (Fsp3) is 0.0714. The van der Waals surface area contributed by atoms with Gasteiger partial charge in [0.1, 0.15) is 5.82 Å². The summed E-state index contributed by atoms with van der Waals surface area (Å²) in [6.45, 7) is 1.93. The number of halogens is 2. The van der Waals surface area contributed by atoms with Crippen LogP contribution in [0.4, 0.5) is 10.1 Å². The van der Waals surface area contributed by atoms with Crippen LogP contribution in [-0.4, -0.2) is 20.2 Å². The summed E-state index contributed by atoms with van der Waals surface area (Å²) in [7, 11) is 0. The Bertz CT molecular complexity index is 798. The fourth-order valence-electron chi connectivity index (χ4n) is 2.06. The van der Waals surface area contributed by atoms with Crippen LogP contribution in [0.5, 0.6) is 0 Å². The third-order valence-electron chi connectivity index (χ3n) is 3.17. The molecule has 0 aliphatic rings. The van der Waals surface area contributed by atoms with Crippen molar-refractivity contribution in [2.24, 2.45) is 0 Å². The Hall–Kier alpha value is -2.28. The molecule has 0 radical (unpaired) electrons. The molecule has 0 spiro atoms. The highest BCUT2D eigenvalue weighted by Crippen LogP contribution is 2.28. The van der Waals surface area contributed by atoms with E-state index in [0.29, 0.717) is 11.5 Å². The summed E-state index contributed by atoms with van der Waals surface area (Å²) in [6, 6.07) is 9.97. The van der Waals surface area contributed by atoms with Crippen LogP contribution in [0.15, 0.2) is 40.9 Å². The highest BCUT2D eigenvalue weighted by atomic mass is 79.9. The van der Waals surface area contributed by atoms with Gasteiger partial charge in [0.25, 0.3) is 0 Å². The van der Waals surface area contributed by atoms with Gasteiger partial charge in [0.15, 0.2) is 5.82 Å². The summed E-state index contributed by atoms with van der Waals surface area (Å²) in [4.78, 5) is 0. The normalized spacial score (nSPS) is 10.8. The molecule has 0 aliphatic carbocycles. The van der Waals surface area contributed by atoms with E-state index < -0.39 is 5.82 Å². The smallest absolute Gasteiger partial charge is 0.190 e. The third kappa shape index (κ3) is 2.40. The van der Waals surface area contributed by atoms with Crippen molar-refractivity contribution in [1.29, 1.82) is 0 Å². The van der Waals surface area contributed by atoms with E-state index in [1.54, 1.807) is 0 Å². The second-order valence-corrected chi connectivity index (χ2v) is 5.39. The molecule has 0 saturated heterocycles. The van der Waals surface area contributed by atoms with Crippen LogP contribution in [0.1, 0.15) is 5.56 Å². The molecule has 3 aromatic rings. The lowest BCUT2D eigenvalue weighted by Gasteiger charge is -2.10. The average Bonchev–Trinajstić information content (AvgIpc) is 2.93. The number of tetrazole rings is 1. The van der Waals surface area contributed by atoms with E-state index in [4.69, 9.17) is 5.73 Å². The number of nitrogens with zero attached hydrogens (tertiary/aromatic N) is 4. The van der Waals surface area contributed by atoms with Gasteiger partial charge in [-0.25, -0.2) is 4.39 Å². The number of hydrogen-bond acceptors (Lipinski definition) is 4. The number of rotatable bonds is 2. The van der Waals surface area contributed by atoms with E-state index in [0.717, 1.165) is 15.7 Å². The van der Waals surface area contributed by atoms with Gasteiger partial charge in [-0.15, -0.1) is 5.10 Å². The van der Waals surface area contributed by atoms with Gasteiger partial charge in [-0.3, -0.25) is 0 Å². The molecular weight excluding hydrogens is 337 g/mol. The predicted molar refractivity (Wildman–Crippen MR) is 81.4 cm³/mol. The molecule has 0 aliphatic heterocycles. The maximum absolute atomic E-state index is 14.0. The number of benzene rings is 2. The van der Waals surface area contributed by atoms with Crippen LogP contribution in [0.2, 0.25) is 0 Å². The van der Waals surface area contributed by atoms with Gasteiger partial charge >= 0.3 is 0 Å². The molecule has 2 N–H and O–H groups in total. The molecule has 2 aromatic carbocycles. The van der Waals surface area contributed by atoms with Crippen molar-refractivity contribution in [3.05, 3.63) is 52.3 Å². The molecule has 5 nitrogen and oxygen atoms in total. The Balaban J connectivity index is 2.22. The lowest BCUT2D eigenvalue weighted by Crippen LogP contribution is -2.03. The lowest BCUT2D eigenvalue weighted by molar-refractivity contribution is 0.629. The van der Waals surface area contributed by atoms with E-state index in [-0.39, 0.29) is 5.56 Å². The van der Waals surface area contributed by atoms with Gasteiger partial charge in [0.2, 0.25) is 0 Å². The van der Waals surface area contributed by atoms with Gasteiger partial charge < -0.3 is 5.73 Å². The van der Waals surface area contributed by atoms with E-state index in [1.165, 1.54) is 22.9 Å². The maximum atomic E-state index is 14.0. The van der Waals surface area contributed by atoms with E-state index >= 15 is 0 Å². The zero-order valence-electron chi connectivity index (χ0n) is 11.1. The molecule has 0 bridgehead atoms. The van der Waals surface area contributed by atoms with Crippen molar-refractivity contribution in [2.75, 3.05) is 5.73 Å². The third-order valence-corrected chi connectivity index (χ3v) is 4.03. The number of hydrogen-bond donors (Lipinski definition) is 1. The van der Waals surface area contributed by atoms with Crippen molar-refractivity contribution in [2.45, 2.75) is 6.92 Å². The quantitative estimate of drug-likeness (QED) is 0.723. The van der Waals surface area contributed by atoms with Crippen molar-refractivity contribution in [1.82, 2.24) is 20.2 Å². The zero-order valence-corrected chi connectivity index (χ0v) is 12.7. The van der Waals surface area contributed by atoms with Crippen LogP contribution >= 0.6 is 15.9 Å². The standard InChI is InChI=1S/C14H11BrFN5/c1-8-11(15)3-2-4-13(8)21-14(18-19-20-21)10-7-9(17)5-6-12(10)16/h2-7H,17H2,1H3. The summed E-state index contributed by atoms with van der Waals surface area (Å²) in [6.07, 6.45) is 0. The van der Waals surface area contributed by atoms with E-state index in [2.05, 4.69) is 31.5 Å². The Morgan fingerprint density at radius 1 is 1.24 bits per heavy atom. The van der Waals surface area contributed by atoms with Crippen LogP contribution in [0.25, 0.3) is 17.1 Å². The minimum absolute atomic E-state index is 0.263. The van der Waals surface area contributed by atoms with Crippen molar-refractivity contribution >= 4 is 21.6 Å². The first kappa shape index (κ1) is 13.7. The molecule has 0 fully saturated rings. The van der Waals surface area contributed by atoms with Crippen molar-refractivity contribution < 1.29 is 4.39 Å². The van der Waals surface area contributed by atoms with Gasteiger partial charge in [-0.2, -0.15) is 4.68 Å². The summed E-state index contributed by atoms with van der Waals surface area (Å²) < 4.78 is 16.5. The molecule has 0 amide bonds. The molecule has 106 valence electrons. The molecule has 0 atom stereocenters. The molecule has 3 rings (SSSR count). The maximum Gasteiger partial charge on any atom is 0.190 e. The van der Waals surface area contributed by atoms with E-state index in [9.17, 15) is 4.39 Å². The van der Waals surface area contributed by atoms with Crippen molar-refractivity contribution in [3.63, 3.8) is 0 Å². The zero-order chi connectivity index (χ0) is 15.0. The molecular formula is C14H11BrFN5. The second kappa shape index (κ2) is 5.25. The van der Waals surface area contributed by atoms with Gasteiger partial charge in [0.05, 0.1) is 11.3 Å². The van der Waals surface area contributed by atoms with Gasteiger partial charge in [-0.05, 0) is 53.2 Å². The Morgan fingerprint density at radius 3 is 2.86 bits per heavy atom. The highest BCUT2D eigenvalue weighted by molar-refractivity contribution is 9.10. The Morgan fingerprint density at radius 2 is 2.05 bits per heavy atom. The topological polar surface area (TPSA) is 69.6 Å². The lowest BCUT2D eigenvalue weighted by atomic mass is 10.1. The largest absolute Gasteiger partial charge is 0.399 e. The molecule has 7 heteroatoms. The summed E-state index contributed by atoms with van der Waals surface area (Å²) in [5, 5.41) is 11.5. The van der Waals surface area contributed by atoms with E-state index in [1.807, 2.05) is 25.1 Å². The summed E-state index contributed by atoms with van der Waals surface area (Å²) in [5.41, 5.74) is 8.16. The minimum Gasteiger partial charge on any atom is -0.399 e. The second-order valence-electron chi connectivity index (χ2n) is 4.54. The summed E-state index contributed by atoms with van der Waals surface area (Å²) >= 11 is 3.46. The number of aromatic nitrogens is 4. The monoisotopic (exact) mass is 347 g/mol. The molecule has 1 heterocycles. The molecule has 0 saturated carbocycles. The van der Waals surface area contributed by atoms with Crippen LogP contribution in [0.3, 0.4) is 0 Å². The first-order valence-electron chi connectivity index (χ1n) is 6.17. The number of anilines is 1. The number of nitrogens with two attached hydrogens (primary N) is 1. The molecule has 21 heavy (non-hydrogen) atoms. The first-order chi connectivity index (χ1) is 10.1. The molecule has 0 unspecified atom stereocenters. The predicted octanol–water partition coefficient (Wildman–Crippen LogP) is 3.12. The summed E-state index contributed by atoms with van der Waals surface area (Å²) in [5.74, 6) is -0.117. The van der Waals surface area contributed by atoms with Gasteiger partial charge in [0, 0.05) is 10.2 Å². The SMILES string of the molecule is Cc1c(Br)cccc1-n1nnnc1-c1cc(N)ccc1F. The molecule has 1 aromatic heterocycles. The average molecular weight is 348 g/mol. The first-order valence-corrected chi connectivity index (χ1v) is 6.96. The Kier molecular flexibility index (Phi) is 3.42. The number of nitrogen functional groups attached to an aromatic ring is 1. The minimum atomic E-state index is -0.423.